The van der Waals surface area contributed by atoms with Crippen LogP contribution >= 0.6 is 11.6 Å². The molecule has 1 saturated heterocycles. The molecule has 0 bridgehead atoms. The Kier molecular flexibility index (Phi) is 5.79. The Bertz CT molecular complexity index is 974. The van der Waals surface area contributed by atoms with Gasteiger partial charge in [0.2, 0.25) is 0 Å². The lowest BCUT2D eigenvalue weighted by Gasteiger charge is -2.38. The van der Waals surface area contributed by atoms with E-state index in [1.54, 1.807) is 12.1 Å². The van der Waals surface area contributed by atoms with Crippen molar-refractivity contribution in [3.05, 3.63) is 69.2 Å². The van der Waals surface area contributed by atoms with E-state index < -0.39 is 10.5 Å². The van der Waals surface area contributed by atoms with Crippen LogP contribution in [0, 0.1) is 10.1 Å². The zero-order chi connectivity index (χ0) is 22.2. The Morgan fingerprint density at radius 2 is 1.81 bits per heavy atom. The van der Waals surface area contributed by atoms with Crippen molar-refractivity contribution in [1.29, 1.82) is 0 Å². The number of anilines is 1. The van der Waals surface area contributed by atoms with Crippen molar-refractivity contribution in [1.82, 2.24) is 4.90 Å². The van der Waals surface area contributed by atoms with Crippen LogP contribution in [-0.2, 0) is 4.74 Å². The number of nitro groups is 1. The summed E-state index contributed by atoms with van der Waals surface area (Å²) in [5.74, 6) is 0. The van der Waals surface area contributed by atoms with Crippen LogP contribution < -0.4 is 5.32 Å². The summed E-state index contributed by atoms with van der Waals surface area (Å²) >= 11 is 5.91. The van der Waals surface area contributed by atoms with E-state index in [4.69, 9.17) is 16.3 Å². The normalized spacial score (nSPS) is 25.2. The van der Waals surface area contributed by atoms with Crippen LogP contribution in [0.1, 0.15) is 51.1 Å². The van der Waals surface area contributed by atoms with E-state index in [1.807, 2.05) is 49.1 Å². The van der Waals surface area contributed by atoms with E-state index in [1.165, 1.54) is 6.07 Å². The summed E-state index contributed by atoms with van der Waals surface area (Å²) in [4.78, 5) is 25.6. The summed E-state index contributed by atoms with van der Waals surface area (Å²) in [6.07, 6.45) is 2.93. The highest BCUT2D eigenvalue weighted by Crippen LogP contribution is 2.44. The van der Waals surface area contributed by atoms with Crippen molar-refractivity contribution in [2.75, 3.05) is 5.32 Å². The minimum Gasteiger partial charge on any atom is -0.441 e. The molecule has 0 unspecified atom stereocenters. The second kappa shape index (κ2) is 8.38. The molecule has 2 fully saturated rings. The maximum atomic E-state index is 12.8. The summed E-state index contributed by atoms with van der Waals surface area (Å²) in [7, 11) is 0. The molecule has 1 amide bonds. The number of nitrogens with one attached hydrogen (secondary N) is 1. The molecule has 1 N–H and O–H groups in total. The molecule has 31 heavy (non-hydrogen) atoms. The Balaban J connectivity index is 1.47. The second-order valence-corrected chi connectivity index (χ2v) is 9.20. The van der Waals surface area contributed by atoms with Crippen molar-refractivity contribution in [3.63, 3.8) is 0 Å². The average molecular weight is 444 g/mol. The third kappa shape index (κ3) is 4.32. The van der Waals surface area contributed by atoms with Gasteiger partial charge in [-0.1, -0.05) is 41.9 Å². The van der Waals surface area contributed by atoms with Crippen molar-refractivity contribution >= 4 is 29.1 Å². The first-order chi connectivity index (χ1) is 14.8. The third-order valence-electron chi connectivity index (χ3n) is 6.22. The zero-order valence-corrected chi connectivity index (χ0v) is 18.3. The van der Waals surface area contributed by atoms with E-state index >= 15 is 0 Å². The van der Waals surface area contributed by atoms with Crippen molar-refractivity contribution in [3.8, 4) is 0 Å². The van der Waals surface area contributed by atoms with Crippen molar-refractivity contribution in [2.24, 2.45) is 0 Å². The zero-order valence-electron chi connectivity index (χ0n) is 17.6. The maximum absolute atomic E-state index is 12.8. The van der Waals surface area contributed by atoms with Crippen LogP contribution in [0.15, 0.2) is 48.5 Å². The van der Waals surface area contributed by atoms with E-state index in [9.17, 15) is 14.9 Å². The van der Waals surface area contributed by atoms with Crippen LogP contribution in [0.5, 0.6) is 0 Å². The molecule has 1 aliphatic heterocycles. The van der Waals surface area contributed by atoms with Crippen LogP contribution in [0.4, 0.5) is 16.2 Å². The van der Waals surface area contributed by atoms with Crippen LogP contribution in [0.25, 0.3) is 0 Å². The molecule has 2 aliphatic rings. The standard InChI is InChI=1S/C23H26ClN3O4/c1-23(2)21(15-6-4-3-5-7-15)26(22(28)31-23)18-11-9-17(10-12-18)25-19-13-8-16(24)14-20(19)27(29)30/h3-8,13-14,17-18,21,25H,9-12H2,1-2H3/t17-,18-,21-/m0/s1. The monoisotopic (exact) mass is 443 g/mol. The molecule has 164 valence electrons. The van der Waals surface area contributed by atoms with Gasteiger partial charge in [-0.3, -0.25) is 15.0 Å². The molecule has 1 saturated carbocycles. The minimum absolute atomic E-state index is 0.0244. The Morgan fingerprint density at radius 3 is 2.45 bits per heavy atom. The van der Waals surface area contributed by atoms with Gasteiger partial charge in [0, 0.05) is 23.2 Å². The lowest BCUT2D eigenvalue weighted by Crippen LogP contribution is -2.44. The fourth-order valence-corrected chi connectivity index (χ4v) is 4.99. The van der Waals surface area contributed by atoms with Gasteiger partial charge in [0.15, 0.2) is 0 Å². The number of halogens is 1. The van der Waals surface area contributed by atoms with E-state index in [0.717, 1.165) is 31.2 Å². The van der Waals surface area contributed by atoms with Crippen molar-refractivity contribution < 1.29 is 14.5 Å². The molecular weight excluding hydrogens is 418 g/mol. The summed E-state index contributed by atoms with van der Waals surface area (Å²) in [6, 6.07) is 14.7. The topological polar surface area (TPSA) is 84.7 Å². The largest absolute Gasteiger partial charge is 0.441 e. The number of carbonyl (C=O) groups is 1. The number of nitrogens with zero attached hydrogens (tertiary/aromatic N) is 2. The van der Waals surface area contributed by atoms with Gasteiger partial charge in [-0.05, 0) is 57.2 Å². The highest BCUT2D eigenvalue weighted by Gasteiger charge is 2.51. The van der Waals surface area contributed by atoms with E-state index in [2.05, 4.69) is 5.32 Å². The van der Waals surface area contributed by atoms with E-state index in [-0.39, 0.29) is 29.9 Å². The first-order valence-electron chi connectivity index (χ1n) is 10.5. The number of hydrogen-bond acceptors (Lipinski definition) is 5. The maximum Gasteiger partial charge on any atom is 0.411 e. The van der Waals surface area contributed by atoms with Gasteiger partial charge in [-0.2, -0.15) is 0 Å². The molecule has 0 aromatic heterocycles. The van der Waals surface area contributed by atoms with Gasteiger partial charge in [-0.15, -0.1) is 0 Å². The number of nitro benzene ring substituents is 1. The molecule has 8 heteroatoms. The van der Waals surface area contributed by atoms with Crippen molar-refractivity contribution in [2.45, 2.75) is 63.3 Å². The number of ether oxygens (including phenoxy) is 1. The first kappa shape index (κ1) is 21.4. The third-order valence-corrected chi connectivity index (χ3v) is 6.45. The quantitative estimate of drug-likeness (QED) is 0.456. The van der Waals surface area contributed by atoms with Crippen LogP contribution in [0.2, 0.25) is 5.02 Å². The van der Waals surface area contributed by atoms with Gasteiger partial charge in [0.25, 0.3) is 5.69 Å². The lowest BCUT2D eigenvalue weighted by molar-refractivity contribution is -0.384. The number of rotatable bonds is 5. The molecule has 1 atom stereocenters. The molecule has 0 spiro atoms. The summed E-state index contributed by atoms with van der Waals surface area (Å²) in [6.45, 7) is 3.91. The summed E-state index contributed by atoms with van der Waals surface area (Å²) < 4.78 is 5.74. The molecule has 2 aromatic carbocycles. The van der Waals surface area contributed by atoms with Crippen LogP contribution in [0.3, 0.4) is 0 Å². The molecule has 7 nitrogen and oxygen atoms in total. The minimum atomic E-state index is -0.614. The van der Waals surface area contributed by atoms with Gasteiger partial charge in [0.05, 0.1) is 11.0 Å². The number of benzene rings is 2. The Morgan fingerprint density at radius 1 is 1.13 bits per heavy atom. The number of cyclic esters (lactones) is 1. The molecule has 1 heterocycles. The molecule has 0 radical (unpaired) electrons. The average Bonchev–Trinajstić information content (AvgIpc) is 2.98. The second-order valence-electron chi connectivity index (χ2n) is 8.76. The number of hydrogen-bond donors (Lipinski definition) is 1. The first-order valence-corrected chi connectivity index (χ1v) is 10.9. The lowest BCUT2D eigenvalue weighted by atomic mass is 9.86. The number of amides is 1. The van der Waals surface area contributed by atoms with Gasteiger partial charge in [0.1, 0.15) is 11.3 Å². The smallest absolute Gasteiger partial charge is 0.411 e. The highest BCUT2D eigenvalue weighted by molar-refractivity contribution is 6.30. The van der Waals surface area contributed by atoms with E-state index in [0.29, 0.717) is 10.7 Å². The molecule has 2 aromatic rings. The molecule has 4 rings (SSSR count). The summed E-state index contributed by atoms with van der Waals surface area (Å²) in [5, 5.41) is 15.0. The Hall–Kier alpha value is -2.80. The molecule has 1 aliphatic carbocycles. The molecular formula is C23H26ClN3O4. The SMILES string of the molecule is CC1(C)OC(=O)N([C@H]2CC[C@H](Nc3ccc(Cl)cc3[N+](=O)[O-])CC2)[C@H]1c1ccccc1. The van der Waals surface area contributed by atoms with Crippen LogP contribution in [-0.4, -0.2) is 33.6 Å². The summed E-state index contributed by atoms with van der Waals surface area (Å²) in [5.41, 5.74) is 0.901. The fraction of sp³-hybridized carbons (Fsp3) is 0.435. The highest BCUT2D eigenvalue weighted by atomic mass is 35.5. The Labute approximate surface area is 186 Å². The predicted octanol–water partition coefficient (Wildman–Crippen LogP) is 5.94. The van der Waals surface area contributed by atoms with Gasteiger partial charge in [-0.25, -0.2) is 4.79 Å². The van der Waals surface area contributed by atoms with Gasteiger partial charge >= 0.3 is 6.09 Å². The predicted molar refractivity (Wildman–Crippen MR) is 119 cm³/mol. The van der Waals surface area contributed by atoms with Gasteiger partial charge < -0.3 is 10.1 Å². The fourth-order valence-electron chi connectivity index (χ4n) is 4.83. The number of carbonyl (C=O) groups excluding carboxylic acids is 1.